The zero-order valence-electron chi connectivity index (χ0n) is 11.7. The quantitative estimate of drug-likeness (QED) is 0.881. The Morgan fingerprint density at radius 2 is 1.81 bits per heavy atom. The Labute approximate surface area is 121 Å². The van der Waals surface area contributed by atoms with E-state index in [2.05, 4.69) is 5.32 Å². The fourth-order valence-corrected chi connectivity index (χ4v) is 3.07. The average Bonchev–Trinajstić information content (AvgIpc) is 2.80. The van der Waals surface area contributed by atoms with Gasteiger partial charge >= 0.3 is 0 Å². The van der Waals surface area contributed by atoms with E-state index in [1.54, 1.807) is 13.0 Å². The minimum absolute atomic E-state index is 0.00499. The molecule has 1 N–H and O–H groups in total. The van der Waals surface area contributed by atoms with Crippen molar-refractivity contribution in [2.75, 3.05) is 0 Å². The zero-order valence-corrected chi connectivity index (χ0v) is 11.7. The maximum Gasteiger partial charge on any atom is 0.130 e. The van der Waals surface area contributed by atoms with E-state index in [1.807, 2.05) is 0 Å². The minimum Gasteiger partial charge on any atom is -0.303 e. The highest BCUT2D eigenvalue weighted by molar-refractivity contribution is 5.35. The Morgan fingerprint density at radius 1 is 1.10 bits per heavy atom. The van der Waals surface area contributed by atoms with Crippen LogP contribution in [0.1, 0.15) is 42.1 Å². The number of halogens is 3. The van der Waals surface area contributed by atoms with Crippen LogP contribution in [-0.4, -0.2) is 0 Å². The molecule has 4 heteroatoms. The van der Waals surface area contributed by atoms with E-state index < -0.39 is 17.7 Å². The van der Waals surface area contributed by atoms with Crippen molar-refractivity contribution in [2.24, 2.45) is 0 Å². The Kier molecular flexibility index (Phi) is 3.72. The molecule has 0 radical (unpaired) electrons. The van der Waals surface area contributed by atoms with Crippen LogP contribution >= 0.6 is 0 Å². The molecule has 0 saturated heterocycles. The number of aryl methyl sites for hydroxylation is 1. The van der Waals surface area contributed by atoms with Crippen LogP contribution in [-0.2, 0) is 6.42 Å². The number of rotatable bonds is 3. The average molecular weight is 291 g/mol. The van der Waals surface area contributed by atoms with E-state index in [0.29, 0.717) is 0 Å². The summed E-state index contributed by atoms with van der Waals surface area (Å²) >= 11 is 0. The van der Waals surface area contributed by atoms with Gasteiger partial charge in [-0.3, -0.25) is 0 Å². The Bertz CT molecular complexity index is 649. The maximum absolute atomic E-state index is 13.8. The Morgan fingerprint density at radius 3 is 2.52 bits per heavy atom. The van der Waals surface area contributed by atoms with Gasteiger partial charge in [-0.2, -0.15) is 0 Å². The van der Waals surface area contributed by atoms with Gasteiger partial charge in [0.15, 0.2) is 0 Å². The molecule has 0 fully saturated rings. The third kappa shape index (κ3) is 2.68. The number of fused-ring (bicyclic) bond motifs is 1. The molecule has 0 aromatic heterocycles. The largest absolute Gasteiger partial charge is 0.303 e. The molecule has 0 spiro atoms. The first-order chi connectivity index (χ1) is 10.1. The van der Waals surface area contributed by atoms with E-state index in [-0.39, 0.29) is 17.4 Å². The first-order valence-corrected chi connectivity index (χ1v) is 7.04. The third-order valence-electron chi connectivity index (χ3n) is 4.07. The van der Waals surface area contributed by atoms with E-state index >= 15 is 0 Å². The first kappa shape index (κ1) is 14.1. The molecule has 21 heavy (non-hydrogen) atoms. The summed E-state index contributed by atoms with van der Waals surface area (Å²) in [5.74, 6) is -1.35. The van der Waals surface area contributed by atoms with E-state index in [4.69, 9.17) is 0 Å². The van der Waals surface area contributed by atoms with E-state index in [9.17, 15) is 13.2 Å². The molecular formula is C17H16F3N. The molecule has 1 aliphatic carbocycles. The van der Waals surface area contributed by atoms with Gasteiger partial charge in [0, 0.05) is 17.6 Å². The fraction of sp³-hybridized carbons (Fsp3) is 0.294. The summed E-state index contributed by atoms with van der Waals surface area (Å²) < 4.78 is 40.8. The molecular weight excluding hydrogens is 275 g/mol. The molecule has 0 amide bonds. The van der Waals surface area contributed by atoms with Crippen LogP contribution in [0, 0.1) is 17.5 Å². The lowest BCUT2D eigenvalue weighted by Gasteiger charge is -2.21. The van der Waals surface area contributed by atoms with E-state index in [1.165, 1.54) is 30.3 Å². The predicted molar refractivity (Wildman–Crippen MR) is 75.4 cm³/mol. The molecule has 3 rings (SSSR count). The SMILES string of the molecule is CC(NC1CCc2cc(F)ccc21)c1c(F)cccc1F. The van der Waals surface area contributed by atoms with Gasteiger partial charge in [-0.15, -0.1) is 0 Å². The molecule has 2 unspecified atom stereocenters. The molecule has 2 atom stereocenters. The summed E-state index contributed by atoms with van der Waals surface area (Å²) in [6.45, 7) is 1.74. The molecule has 1 aliphatic rings. The maximum atomic E-state index is 13.8. The van der Waals surface area contributed by atoms with Crippen LogP contribution in [0.2, 0.25) is 0 Å². The molecule has 110 valence electrons. The zero-order chi connectivity index (χ0) is 15.0. The Hall–Kier alpha value is -1.81. The second-order valence-electron chi connectivity index (χ2n) is 5.46. The van der Waals surface area contributed by atoms with Crippen LogP contribution in [0.4, 0.5) is 13.2 Å². The van der Waals surface area contributed by atoms with Gasteiger partial charge in [-0.1, -0.05) is 12.1 Å². The van der Waals surface area contributed by atoms with Crippen LogP contribution < -0.4 is 5.32 Å². The van der Waals surface area contributed by atoms with E-state index in [0.717, 1.165) is 24.0 Å². The number of nitrogens with one attached hydrogen (secondary N) is 1. The van der Waals surface area contributed by atoms with Gasteiger partial charge in [-0.05, 0) is 55.2 Å². The summed E-state index contributed by atoms with van der Waals surface area (Å²) in [7, 11) is 0. The number of hydrogen-bond acceptors (Lipinski definition) is 1. The fourth-order valence-electron chi connectivity index (χ4n) is 3.07. The summed E-state index contributed by atoms with van der Waals surface area (Å²) in [6, 6.07) is 8.12. The lowest BCUT2D eigenvalue weighted by Crippen LogP contribution is -2.24. The highest BCUT2D eigenvalue weighted by Gasteiger charge is 2.26. The standard InChI is InChI=1S/C17H16F3N/c1-10(17-14(19)3-2-4-15(17)20)21-16-8-5-11-9-12(18)6-7-13(11)16/h2-4,6-7,9-10,16,21H,5,8H2,1H3. The molecule has 2 aromatic rings. The normalized spacial score (nSPS) is 18.6. The van der Waals surface area contributed by atoms with Gasteiger partial charge in [0.2, 0.25) is 0 Å². The van der Waals surface area contributed by atoms with Crippen molar-refractivity contribution in [1.29, 1.82) is 0 Å². The number of hydrogen-bond donors (Lipinski definition) is 1. The highest BCUT2D eigenvalue weighted by Crippen LogP contribution is 2.34. The van der Waals surface area contributed by atoms with Crippen molar-refractivity contribution in [3.05, 3.63) is 70.5 Å². The second-order valence-corrected chi connectivity index (χ2v) is 5.46. The molecule has 0 heterocycles. The molecule has 0 bridgehead atoms. The van der Waals surface area contributed by atoms with Gasteiger partial charge in [-0.25, -0.2) is 13.2 Å². The van der Waals surface area contributed by atoms with Crippen LogP contribution in [0.3, 0.4) is 0 Å². The van der Waals surface area contributed by atoms with Gasteiger partial charge in [0.1, 0.15) is 17.5 Å². The van der Waals surface area contributed by atoms with Crippen molar-refractivity contribution >= 4 is 0 Å². The summed E-state index contributed by atoms with van der Waals surface area (Å²) in [5.41, 5.74) is 2.03. The highest BCUT2D eigenvalue weighted by atomic mass is 19.1. The monoisotopic (exact) mass is 291 g/mol. The van der Waals surface area contributed by atoms with Crippen molar-refractivity contribution in [1.82, 2.24) is 5.32 Å². The lowest BCUT2D eigenvalue weighted by atomic mass is 10.0. The number of benzene rings is 2. The summed E-state index contributed by atoms with van der Waals surface area (Å²) in [5, 5.41) is 3.25. The van der Waals surface area contributed by atoms with Crippen molar-refractivity contribution in [3.63, 3.8) is 0 Å². The van der Waals surface area contributed by atoms with Crippen molar-refractivity contribution in [3.8, 4) is 0 Å². The van der Waals surface area contributed by atoms with Crippen molar-refractivity contribution in [2.45, 2.75) is 31.8 Å². The Balaban J connectivity index is 1.83. The second kappa shape index (κ2) is 5.53. The molecule has 1 nitrogen and oxygen atoms in total. The topological polar surface area (TPSA) is 12.0 Å². The van der Waals surface area contributed by atoms with Crippen molar-refractivity contribution < 1.29 is 13.2 Å². The molecule has 0 saturated carbocycles. The van der Waals surface area contributed by atoms with Gasteiger partial charge in [0.05, 0.1) is 0 Å². The van der Waals surface area contributed by atoms with Crippen LogP contribution in [0.15, 0.2) is 36.4 Å². The first-order valence-electron chi connectivity index (χ1n) is 7.04. The molecule has 2 aromatic carbocycles. The van der Waals surface area contributed by atoms with Crippen LogP contribution in [0.25, 0.3) is 0 Å². The summed E-state index contributed by atoms with van der Waals surface area (Å²) in [4.78, 5) is 0. The minimum atomic E-state index is -0.549. The van der Waals surface area contributed by atoms with Crippen LogP contribution in [0.5, 0.6) is 0 Å². The lowest BCUT2D eigenvalue weighted by molar-refractivity contribution is 0.431. The smallest absolute Gasteiger partial charge is 0.130 e. The molecule has 0 aliphatic heterocycles. The van der Waals surface area contributed by atoms with Gasteiger partial charge < -0.3 is 5.32 Å². The third-order valence-corrected chi connectivity index (χ3v) is 4.07. The predicted octanol–water partition coefficient (Wildman–Crippen LogP) is 4.44. The van der Waals surface area contributed by atoms with Gasteiger partial charge in [0.25, 0.3) is 0 Å². The summed E-state index contributed by atoms with van der Waals surface area (Å²) in [6.07, 6.45) is 1.58.